The Morgan fingerprint density at radius 3 is 2.83 bits per heavy atom. The fraction of sp³-hybridized carbons (Fsp3) is 0.647. The molecule has 1 amide bonds. The van der Waals surface area contributed by atoms with Gasteiger partial charge in [0.25, 0.3) is 5.91 Å². The van der Waals surface area contributed by atoms with Gasteiger partial charge in [0.15, 0.2) is 5.69 Å². The second-order valence-electron chi connectivity index (χ2n) is 6.20. The van der Waals surface area contributed by atoms with Crippen LogP contribution in [0.15, 0.2) is 12.1 Å². The van der Waals surface area contributed by atoms with Crippen molar-refractivity contribution in [1.29, 1.82) is 0 Å². The van der Waals surface area contributed by atoms with Crippen LogP contribution in [0.1, 0.15) is 43.1 Å². The predicted molar refractivity (Wildman–Crippen MR) is 90.1 cm³/mol. The largest absolute Gasteiger partial charge is 0.478 e. The summed E-state index contributed by atoms with van der Waals surface area (Å²) in [6.07, 6.45) is 4.75. The third-order valence-corrected chi connectivity index (χ3v) is 4.96. The quantitative estimate of drug-likeness (QED) is 0.847. The van der Waals surface area contributed by atoms with E-state index >= 15 is 0 Å². The predicted octanol–water partition coefficient (Wildman–Crippen LogP) is 2.83. The van der Waals surface area contributed by atoms with Crippen LogP contribution in [0.2, 0.25) is 5.02 Å². The molecule has 126 valence electrons. The van der Waals surface area contributed by atoms with Crippen LogP contribution in [0.4, 0.5) is 0 Å². The van der Waals surface area contributed by atoms with Crippen molar-refractivity contribution in [3.8, 4) is 5.88 Å². The summed E-state index contributed by atoms with van der Waals surface area (Å²) in [5.74, 6) is 0.369. The minimum atomic E-state index is -0.0829. The highest BCUT2D eigenvalue weighted by Crippen LogP contribution is 2.24. The monoisotopic (exact) mass is 337 g/mol. The summed E-state index contributed by atoms with van der Waals surface area (Å²) < 4.78 is 5.39. The maximum Gasteiger partial charge on any atom is 0.274 e. The number of hydrogen-bond donors (Lipinski definition) is 0. The zero-order valence-corrected chi connectivity index (χ0v) is 14.4. The number of rotatable bonds is 4. The van der Waals surface area contributed by atoms with Crippen LogP contribution in [-0.2, 0) is 0 Å². The summed E-state index contributed by atoms with van der Waals surface area (Å²) in [6, 6.07) is 3.87. The summed E-state index contributed by atoms with van der Waals surface area (Å²) in [5.41, 5.74) is 0.305. The molecule has 2 saturated heterocycles. The van der Waals surface area contributed by atoms with Gasteiger partial charge in [-0.2, -0.15) is 0 Å². The van der Waals surface area contributed by atoms with Gasteiger partial charge < -0.3 is 9.64 Å². The Balaban J connectivity index is 1.72. The fourth-order valence-corrected chi connectivity index (χ4v) is 3.68. The van der Waals surface area contributed by atoms with Crippen molar-refractivity contribution < 1.29 is 9.53 Å². The lowest BCUT2D eigenvalue weighted by atomic mass is 10.0. The first kappa shape index (κ1) is 16.5. The van der Waals surface area contributed by atoms with E-state index in [0.717, 1.165) is 32.6 Å². The number of likely N-dealkylation sites (tertiary alicyclic amines) is 2. The first-order valence-electron chi connectivity index (χ1n) is 8.51. The normalized spacial score (nSPS) is 22.3. The van der Waals surface area contributed by atoms with Gasteiger partial charge in [-0.15, -0.1) is 0 Å². The van der Waals surface area contributed by atoms with Gasteiger partial charge in [0.1, 0.15) is 0 Å². The number of piperidine rings is 1. The molecule has 0 unspecified atom stereocenters. The molecule has 1 atom stereocenters. The van der Waals surface area contributed by atoms with Gasteiger partial charge in [-0.1, -0.05) is 11.6 Å². The van der Waals surface area contributed by atoms with Crippen molar-refractivity contribution in [2.45, 2.75) is 38.6 Å². The molecule has 2 aliphatic heterocycles. The standard InChI is InChI=1S/C17H24ClN3O2/c1-2-23-15-8-7-14(18)16(19-15)17(22)21-11-5-6-13(12-21)20-9-3-4-10-20/h7-8,13H,2-6,9-12H2,1H3/t13-/m1/s1. The van der Waals surface area contributed by atoms with Crippen molar-refractivity contribution in [2.24, 2.45) is 0 Å². The number of amides is 1. The summed E-state index contributed by atoms with van der Waals surface area (Å²) >= 11 is 6.20. The van der Waals surface area contributed by atoms with Gasteiger partial charge in [-0.05, 0) is 51.8 Å². The Bertz CT molecular complexity index is 561. The smallest absolute Gasteiger partial charge is 0.274 e. The summed E-state index contributed by atoms with van der Waals surface area (Å²) in [4.78, 5) is 21.6. The lowest BCUT2D eigenvalue weighted by Crippen LogP contribution is -2.49. The van der Waals surface area contributed by atoms with Gasteiger partial charge in [0, 0.05) is 25.2 Å². The molecule has 0 aromatic carbocycles. The van der Waals surface area contributed by atoms with Crippen LogP contribution >= 0.6 is 11.6 Å². The molecule has 0 spiro atoms. The van der Waals surface area contributed by atoms with Crippen molar-refractivity contribution in [1.82, 2.24) is 14.8 Å². The lowest BCUT2D eigenvalue weighted by Gasteiger charge is -2.37. The van der Waals surface area contributed by atoms with Crippen molar-refractivity contribution in [2.75, 3.05) is 32.8 Å². The van der Waals surface area contributed by atoms with Crippen molar-refractivity contribution >= 4 is 17.5 Å². The minimum absolute atomic E-state index is 0.0829. The molecule has 23 heavy (non-hydrogen) atoms. The molecule has 0 radical (unpaired) electrons. The van der Waals surface area contributed by atoms with E-state index in [1.165, 1.54) is 19.3 Å². The Kier molecular flexibility index (Phi) is 5.38. The van der Waals surface area contributed by atoms with E-state index in [-0.39, 0.29) is 5.91 Å². The molecular formula is C17H24ClN3O2. The molecule has 2 aliphatic rings. The number of hydrogen-bond acceptors (Lipinski definition) is 4. The van der Waals surface area contributed by atoms with Gasteiger partial charge >= 0.3 is 0 Å². The van der Waals surface area contributed by atoms with E-state index in [1.54, 1.807) is 12.1 Å². The van der Waals surface area contributed by atoms with E-state index < -0.39 is 0 Å². The van der Waals surface area contributed by atoms with Crippen molar-refractivity contribution in [3.63, 3.8) is 0 Å². The average Bonchev–Trinajstić information content (AvgIpc) is 3.11. The summed E-state index contributed by atoms with van der Waals surface area (Å²) in [7, 11) is 0. The van der Waals surface area contributed by atoms with Crippen molar-refractivity contribution in [3.05, 3.63) is 22.8 Å². The molecule has 0 aliphatic carbocycles. The number of halogens is 1. The highest BCUT2D eigenvalue weighted by Gasteiger charge is 2.31. The average molecular weight is 338 g/mol. The fourth-order valence-electron chi connectivity index (χ4n) is 3.50. The molecule has 0 saturated carbocycles. The topological polar surface area (TPSA) is 45.7 Å². The number of ether oxygens (including phenoxy) is 1. The zero-order valence-electron chi connectivity index (χ0n) is 13.6. The molecule has 6 heteroatoms. The van der Waals surface area contributed by atoms with Crippen LogP contribution in [0.3, 0.4) is 0 Å². The third kappa shape index (κ3) is 3.78. The molecule has 1 aromatic heterocycles. The highest BCUT2D eigenvalue weighted by atomic mass is 35.5. The second-order valence-corrected chi connectivity index (χ2v) is 6.61. The SMILES string of the molecule is CCOc1ccc(Cl)c(C(=O)N2CCC[C@@H](N3CCCC3)C2)n1. The minimum Gasteiger partial charge on any atom is -0.478 e. The maximum absolute atomic E-state index is 12.8. The van der Waals surface area contributed by atoms with E-state index in [0.29, 0.717) is 29.2 Å². The Hall–Kier alpha value is -1.33. The zero-order chi connectivity index (χ0) is 16.2. The second kappa shape index (κ2) is 7.49. The van der Waals surface area contributed by atoms with Crippen LogP contribution in [0.25, 0.3) is 0 Å². The molecule has 5 nitrogen and oxygen atoms in total. The summed E-state index contributed by atoms with van der Waals surface area (Å²) in [5, 5.41) is 0.391. The highest BCUT2D eigenvalue weighted by molar-refractivity contribution is 6.33. The maximum atomic E-state index is 12.8. The van der Waals surface area contributed by atoms with Crippen LogP contribution in [0.5, 0.6) is 5.88 Å². The van der Waals surface area contributed by atoms with E-state index in [1.807, 2.05) is 11.8 Å². The van der Waals surface area contributed by atoms with Gasteiger partial charge in [-0.3, -0.25) is 9.69 Å². The number of carbonyl (C=O) groups excluding carboxylic acids is 1. The van der Waals surface area contributed by atoms with Gasteiger partial charge in [0.05, 0.1) is 11.6 Å². The lowest BCUT2D eigenvalue weighted by molar-refractivity contribution is 0.0601. The van der Waals surface area contributed by atoms with Gasteiger partial charge in [-0.25, -0.2) is 4.98 Å². The summed E-state index contributed by atoms with van der Waals surface area (Å²) in [6.45, 7) is 6.28. The third-order valence-electron chi connectivity index (χ3n) is 4.66. The number of aromatic nitrogens is 1. The molecule has 2 fully saturated rings. The van der Waals surface area contributed by atoms with E-state index in [9.17, 15) is 4.79 Å². The van der Waals surface area contributed by atoms with Crippen LogP contribution in [-0.4, -0.2) is 59.5 Å². The van der Waals surface area contributed by atoms with Crippen LogP contribution < -0.4 is 4.74 Å². The number of carbonyl (C=O) groups is 1. The first-order chi connectivity index (χ1) is 11.2. The molecule has 0 bridgehead atoms. The Morgan fingerprint density at radius 2 is 2.09 bits per heavy atom. The van der Waals surface area contributed by atoms with Gasteiger partial charge in [0.2, 0.25) is 5.88 Å². The number of pyridine rings is 1. The van der Waals surface area contributed by atoms with E-state index in [2.05, 4.69) is 9.88 Å². The molecule has 1 aromatic rings. The number of nitrogens with zero attached hydrogens (tertiary/aromatic N) is 3. The van der Waals surface area contributed by atoms with E-state index in [4.69, 9.17) is 16.3 Å². The molecule has 3 heterocycles. The van der Waals surface area contributed by atoms with Crippen LogP contribution in [0, 0.1) is 0 Å². The molecule has 3 rings (SSSR count). The molecular weight excluding hydrogens is 314 g/mol. The molecule has 0 N–H and O–H groups in total. The Labute approximate surface area is 142 Å². The Morgan fingerprint density at radius 1 is 1.30 bits per heavy atom. The first-order valence-corrected chi connectivity index (χ1v) is 8.89.